The molecule has 0 unspecified atom stereocenters. The number of hydrogen-bond acceptors (Lipinski definition) is 4. The molecule has 0 aliphatic carbocycles. The van der Waals surface area contributed by atoms with Crippen LogP contribution in [0.3, 0.4) is 0 Å². The van der Waals surface area contributed by atoms with Gasteiger partial charge < -0.3 is 9.47 Å². The molecular weight excluding hydrogens is 466 g/mol. The van der Waals surface area contributed by atoms with Gasteiger partial charge in [0.05, 0.1) is 0 Å². The number of rotatable bonds is 5. The van der Waals surface area contributed by atoms with E-state index in [1.165, 1.54) is 5.56 Å². The van der Waals surface area contributed by atoms with Crippen molar-refractivity contribution in [2.75, 3.05) is 0 Å². The number of aliphatic imine (C=N–C) groups is 1. The Morgan fingerprint density at radius 2 is 1.72 bits per heavy atom. The monoisotopic (exact) mass is 489 g/mol. The molecule has 0 saturated carbocycles. The van der Waals surface area contributed by atoms with Gasteiger partial charge in [0.2, 0.25) is 5.90 Å². The molecule has 4 nitrogen and oxygen atoms in total. The first-order valence-corrected chi connectivity index (χ1v) is 11.2. The molecule has 1 heterocycles. The standard InChI is InChI=1S/C27H24BrNO3/c1-27(2,3)21-11-9-20(10-12-21)25-29-24(26(30)32-25)16-19-5-4-6-23(15-19)31-17-18-7-13-22(28)14-8-18/h4-16H,17H2,1-3H3/b24-16-. The minimum Gasteiger partial charge on any atom is -0.489 e. The number of benzene rings is 3. The van der Waals surface area contributed by atoms with E-state index < -0.39 is 5.97 Å². The molecule has 0 N–H and O–H groups in total. The summed E-state index contributed by atoms with van der Waals surface area (Å²) < 4.78 is 12.3. The molecule has 1 aliphatic rings. The summed E-state index contributed by atoms with van der Waals surface area (Å²) in [4.78, 5) is 16.8. The van der Waals surface area contributed by atoms with E-state index in [0.29, 0.717) is 12.5 Å². The Kier molecular flexibility index (Phi) is 6.28. The van der Waals surface area contributed by atoms with Crippen LogP contribution in [0.15, 0.2) is 88.0 Å². The average molecular weight is 490 g/mol. The minimum atomic E-state index is -0.457. The van der Waals surface area contributed by atoms with E-state index in [1.807, 2.05) is 72.8 Å². The van der Waals surface area contributed by atoms with Crippen LogP contribution in [0.5, 0.6) is 5.75 Å². The smallest absolute Gasteiger partial charge is 0.363 e. The maximum Gasteiger partial charge on any atom is 0.363 e. The van der Waals surface area contributed by atoms with Crippen molar-refractivity contribution in [2.45, 2.75) is 32.8 Å². The molecule has 0 saturated heterocycles. The molecule has 3 aromatic rings. The molecule has 162 valence electrons. The number of ether oxygens (including phenoxy) is 2. The normalized spacial score (nSPS) is 14.9. The third-order valence-corrected chi connectivity index (χ3v) is 5.63. The van der Waals surface area contributed by atoms with Crippen LogP contribution < -0.4 is 4.74 Å². The number of hydrogen-bond donors (Lipinski definition) is 0. The highest BCUT2D eigenvalue weighted by molar-refractivity contribution is 9.10. The van der Waals surface area contributed by atoms with Crippen LogP contribution in [-0.4, -0.2) is 11.9 Å². The summed E-state index contributed by atoms with van der Waals surface area (Å²) in [5.41, 5.74) is 4.21. The van der Waals surface area contributed by atoms with E-state index in [0.717, 1.165) is 26.9 Å². The SMILES string of the molecule is CC(C)(C)c1ccc(C2=N/C(=C\c3cccc(OCc4ccc(Br)cc4)c3)C(=O)O2)cc1. The van der Waals surface area contributed by atoms with Gasteiger partial charge in [-0.3, -0.25) is 0 Å². The Hall–Kier alpha value is -3.18. The van der Waals surface area contributed by atoms with Crippen LogP contribution in [0.2, 0.25) is 0 Å². The molecule has 0 atom stereocenters. The fraction of sp³-hybridized carbons (Fsp3) is 0.185. The van der Waals surface area contributed by atoms with Crippen molar-refractivity contribution in [2.24, 2.45) is 4.99 Å². The van der Waals surface area contributed by atoms with E-state index in [4.69, 9.17) is 9.47 Å². The predicted molar refractivity (Wildman–Crippen MR) is 131 cm³/mol. The third kappa shape index (κ3) is 5.35. The summed E-state index contributed by atoms with van der Waals surface area (Å²) in [6, 6.07) is 23.5. The van der Waals surface area contributed by atoms with Crippen molar-refractivity contribution in [1.29, 1.82) is 0 Å². The number of halogens is 1. The van der Waals surface area contributed by atoms with Gasteiger partial charge in [-0.1, -0.05) is 73.1 Å². The first-order chi connectivity index (χ1) is 15.3. The Bertz CT molecular complexity index is 1190. The van der Waals surface area contributed by atoms with E-state index >= 15 is 0 Å². The van der Waals surface area contributed by atoms with Crippen LogP contribution in [0, 0.1) is 0 Å². The fourth-order valence-corrected chi connectivity index (χ4v) is 3.51. The van der Waals surface area contributed by atoms with Crippen molar-refractivity contribution in [3.8, 4) is 5.75 Å². The lowest BCUT2D eigenvalue weighted by atomic mass is 9.87. The minimum absolute atomic E-state index is 0.0577. The lowest BCUT2D eigenvalue weighted by Crippen LogP contribution is -2.11. The largest absolute Gasteiger partial charge is 0.489 e. The highest BCUT2D eigenvalue weighted by Crippen LogP contribution is 2.25. The Balaban J connectivity index is 1.49. The topological polar surface area (TPSA) is 47.9 Å². The summed E-state index contributed by atoms with van der Waals surface area (Å²) in [5, 5.41) is 0. The fourth-order valence-electron chi connectivity index (χ4n) is 3.24. The molecule has 0 aromatic heterocycles. The van der Waals surface area contributed by atoms with Gasteiger partial charge in [-0.05, 0) is 64.6 Å². The maximum absolute atomic E-state index is 12.4. The zero-order valence-electron chi connectivity index (χ0n) is 18.3. The Morgan fingerprint density at radius 3 is 2.41 bits per heavy atom. The maximum atomic E-state index is 12.4. The third-order valence-electron chi connectivity index (χ3n) is 5.10. The van der Waals surface area contributed by atoms with Gasteiger partial charge in [-0.15, -0.1) is 0 Å². The second-order valence-electron chi connectivity index (χ2n) is 8.65. The van der Waals surface area contributed by atoms with Gasteiger partial charge in [-0.25, -0.2) is 9.79 Å². The molecule has 0 fully saturated rings. The summed E-state index contributed by atoms with van der Waals surface area (Å²) in [6.07, 6.45) is 1.71. The zero-order chi connectivity index (χ0) is 22.7. The van der Waals surface area contributed by atoms with Crippen molar-refractivity contribution >= 4 is 33.9 Å². The molecule has 1 aliphatic heterocycles. The molecule has 0 radical (unpaired) electrons. The zero-order valence-corrected chi connectivity index (χ0v) is 19.8. The number of carbonyl (C=O) groups excluding carboxylic acids is 1. The van der Waals surface area contributed by atoms with Gasteiger partial charge >= 0.3 is 5.97 Å². The predicted octanol–water partition coefficient (Wildman–Crippen LogP) is 6.67. The van der Waals surface area contributed by atoms with E-state index in [2.05, 4.69) is 41.7 Å². The van der Waals surface area contributed by atoms with Crippen LogP contribution >= 0.6 is 15.9 Å². The van der Waals surface area contributed by atoms with Crippen LogP contribution in [-0.2, 0) is 21.6 Å². The Morgan fingerprint density at radius 1 is 1.00 bits per heavy atom. The molecule has 32 heavy (non-hydrogen) atoms. The first kappa shape index (κ1) is 22.0. The lowest BCUT2D eigenvalue weighted by Gasteiger charge is -2.18. The molecule has 3 aromatic carbocycles. The van der Waals surface area contributed by atoms with E-state index in [1.54, 1.807) is 6.08 Å². The van der Waals surface area contributed by atoms with Crippen molar-refractivity contribution in [3.05, 3.63) is 105 Å². The highest BCUT2D eigenvalue weighted by atomic mass is 79.9. The van der Waals surface area contributed by atoms with Gasteiger partial charge in [0.1, 0.15) is 12.4 Å². The van der Waals surface area contributed by atoms with Crippen LogP contribution in [0.1, 0.15) is 43.0 Å². The molecule has 0 spiro atoms. The van der Waals surface area contributed by atoms with Crippen molar-refractivity contribution in [1.82, 2.24) is 0 Å². The first-order valence-electron chi connectivity index (χ1n) is 10.4. The molecular formula is C27H24BrNO3. The second-order valence-corrected chi connectivity index (χ2v) is 9.57. The van der Waals surface area contributed by atoms with Gasteiger partial charge in [0.15, 0.2) is 5.70 Å². The van der Waals surface area contributed by atoms with Gasteiger partial charge in [0, 0.05) is 10.0 Å². The molecule has 0 bridgehead atoms. The summed E-state index contributed by atoms with van der Waals surface area (Å²) in [5.74, 6) is 0.584. The summed E-state index contributed by atoms with van der Waals surface area (Å²) in [7, 11) is 0. The number of cyclic esters (lactones) is 1. The summed E-state index contributed by atoms with van der Waals surface area (Å²) >= 11 is 3.43. The van der Waals surface area contributed by atoms with Gasteiger partial charge in [-0.2, -0.15) is 0 Å². The van der Waals surface area contributed by atoms with E-state index in [-0.39, 0.29) is 11.1 Å². The lowest BCUT2D eigenvalue weighted by molar-refractivity contribution is -0.129. The number of esters is 1. The molecule has 5 heteroatoms. The van der Waals surface area contributed by atoms with Crippen molar-refractivity contribution in [3.63, 3.8) is 0 Å². The van der Waals surface area contributed by atoms with Crippen molar-refractivity contribution < 1.29 is 14.3 Å². The van der Waals surface area contributed by atoms with Crippen LogP contribution in [0.4, 0.5) is 0 Å². The van der Waals surface area contributed by atoms with Gasteiger partial charge in [0.25, 0.3) is 0 Å². The second kappa shape index (κ2) is 9.13. The molecule has 4 rings (SSSR count). The van der Waals surface area contributed by atoms with Crippen LogP contribution in [0.25, 0.3) is 6.08 Å². The average Bonchev–Trinajstić information content (AvgIpc) is 3.13. The highest BCUT2D eigenvalue weighted by Gasteiger charge is 2.24. The quantitative estimate of drug-likeness (QED) is 0.297. The molecule has 0 amide bonds. The Labute approximate surface area is 196 Å². The van der Waals surface area contributed by atoms with E-state index in [9.17, 15) is 4.79 Å². The number of nitrogens with zero attached hydrogens (tertiary/aromatic N) is 1. The number of carbonyl (C=O) groups is 1. The summed E-state index contributed by atoms with van der Waals surface area (Å²) in [6.45, 7) is 6.94.